The number of carbonyl (C=O) groups excluding carboxylic acids is 2. The molecule has 12 heteroatoms. The molecule has 0 atom stereocenters. The Kier molecular flexibility index (Phi) is 6.96. The number of nitrogens with two attached hydrogens (primary N) is 1. The fourth-order valence-corrected chi connectivity index (χ4v) is 4.57. The van der Waals surface area contributed by atoms with Gasteiger partial charge in [0.25, 0.3) is 0 Å². The molecule has 41 heavy (non-hydrogen) atoms. The highest BCUT2D eigenvalue weighted by Crippen LogP contribution is 2.30. The number of morpholine rings is 1. The van der Waals surface area contributed by atoms with Gasteiger partial charge in [-0.1, -0.05) is 0 Å². The third-order valence-electron chi connectivity index (χ3n) is 6.69. The van der Waals surface area contributed by atoms with Gasteiger partial charge in [0.1, 0.15) is 5.52 Å². The van der Waals surface area contributed by atoms with Crippen molar-refractivity contribution in [1.29, 1.82) is 0 Å². The van der Waals surface area contributed by atoms with Crippen molar-refractivity contribution in [3.8, 4) is 22.5 Å². The van der Waals surface area contributed by atoms with E-state index in [0.29, 0.717) is 49.1 Å². The number of urea groups is 1. The van der Waals surface area contributed by atoms with Gasteiger partial charge in [-0.2, -0.15) is 5.10 Å². The normalized spacial score (nSPS) is 13.2. The van der Waals surface area contributed by atoms with Gasteiger partial charge in [0.2, 0.25) is 5.91 Å². The number of rotatable bonds is 6. The van der Waals surface area contributed by atoms with Crippen molar-refractivity contribution >= 4 is 40.2 Å². The fourth-order valence-electron chi connectivity index (χ4n) is 4.57. The summed E-state index contributed by atoms with van der Waals surface area (Å²) in [5, 5.41) is 9.81. The van der Waals surface area contributed by atoms with Crippen LogP contribution >= 0.6 is 0 Å². The van der Waals surface area contributed by atoms with E-state index < -0.39 is 11.9 Å². The topological polar surface area (TPSA) is 153 Å². The number of amides is 3. The van der Waals surface area contributed by atoms with Crippen molar-refractivity contribution in [2.24, 2.45) is 12.8 Å². The molecule has 5 aromatic rings. The molecule has 2 aromatic carbocycles. The van der Waals surface area contributed by atoms with Crippen LogP contribution in [0.25, 0.3) is 33.5 Å². The Morgan fingerprint density at radius 2 is 1.56 bits per heavy atom. The number of anilines is 3. The van der Waals surface area contributed by atoms with E-state index in [1.54, 1.807) is 47.3 Å². The molecule has 3 amide bonds. The van der Waals surface area contributed by atoms with Gasteiger partial charge in [-0.25, -0.2) is 14.8 Å². The van der Waals surface area contributed by atoms with E-state index in [1.807, 2.05) is 37.6 Å². The van der Waals surface area contributed by atoms with Crippen molar-refractivity contribution in [2.45, 2.75) is 0 Å². The molecule has 0 spiro atoms. The molecule has 0 aliphatic carbocycles. The molecule has 4 N–H and O–H groups in total. The largest absolute Gasteiger partial charge is 0.378 e. The van der Waals surface area contributed by atoms with Crippen LogP contribution in [0.5, 0.6) is 0 Å². The van der Waals surface area contributed by atoms with Crippen LogP contribution in [-0.2, 0) is 11.8 Å². The minimum atomic E-state index is -0.529. The number of hydrogen-bond acceptors (Lipinski definition) is 8. The first-order valence-corrected chi connectivity index (χ1v) is 13.0. The lowest BCUT2D eigenvalue weighted by Crippen LogP contribution is -2.37. The number of carbonyl (C=O) groups is 2. The average Bonchev–Trinajstić information content (AvgIpc) is 3.43. The molecule has 4 heterocycles. The lowest BCUT2D eigenvalue weighted by molar-refractivity contribution is 0.1000. The number of nitrogens with zero attached hydrogens (tertiary/aromatic N) is 6. The third kappa shape index (κ3) is 5.68. The zero-order valence-corrected chi connectivity index (χ0v) is 22.2. The molecule has 1 fully saturated rings. The number of nitrogens with one attached hydrogen (secondary N) is 2. The fraction of sp³-hybridized carbons (Fsp3) is 0.172. The Morgan fingerprint density at radius 3 is 2.20 bits per heavy atom. The maximum atomic E-state index is 12.5. The van der Waals surface area contributed by atoms with Gasteiger partial charge in [0, 0.05) is 66.2 Å². The highest BCUT2D eigenvalue weighted by molar-refractivity contribution is 6.00. The third-order valence-corrected chi connectivity index (χ3v) is 6.69. The molecule has 0 saturated carbocycles. The molecule has 206 valence electrons. The number of pyridine rings is 1. The second-order valence-corrected chi connectivity index (χ2v) is 9.56. The van der Waals surface area contributed by atoms with E-state index in [1.165, 1.54) is 0 Å². The van der Waals surface area contributed by atoms with Crippen LogP contribution in [0.15, 0.2) is 73.2 Å². The molecule has 3 aromatic heterocycles. The van der Waals surface area contributed by atoms with E-state index in [2.05, 4.69) is 20.6 Å². The quantitative estimate of drug-likeness (QED) is 0.290. The van der Waals surface area contributed by atoms with Gasteiger partial charge in [-0.3, -0.25) is 14.5 Å². The van der Waals surface area contributed by atoms with Crippen LogP contribution in [0.3, 0.4) is 0 Å². The maximum absolute atomic E-state index is 12.5. The molecule has 1 saturated heterocycles. The van der Waals surface area contributed by atoms with Gasteiger partial charge in [0.15, 0.2) is 11.6 Å². The maximum Gasteiger partial charge on any atom is 0.323 e. The monoisotopic (exact) mass is 549 g/mol. The first kappa shape index (κ1) is 25.9. The Balaban J connectivity index is 1.26. The number of benzene rings is 2. The lowest BCUT2D eigenvalue weighted by atomic mass is 10.1. The average molecular weight is 550 g/mol. The summed E-state index contributed by atoms with van der Waals surface area (Å²) in [7, 11) is 1.87. The zero-order chi connectivity index (χ0) is 28.3. The van der Waals surface area contributed by atoms with E-state index in [-0.39, 0.29) is 0 Å². The summed E-state index contributed by atoms with van der Waals surface area (Å²) >= 11 is 0. The number of hydrogen-bond donors (Lipinski definition) is 3. The predicted octanol–water partition coefficient (Wildman–Crippen LogP) is 3.67. The number of fused-ring (bicyclic) bond motifs is 1. The molecular weight excluding hydrogens is 522 g/mol. The van der Waals surface area contributed by atoms with Crippen molar-refractivity contribution in [2.75, 3.05) is 41.8 Å². The Labute approximate surface area is 235 Å². The first-order chi connectivity index (χ1) is 19.9. The highest BCUT2D eigenvalue weighted by atomic mass is 16.5. The smallest absolute Gasteiger partial charge is 0.323 e. The summed E-state index contributed by atoms with van der Waals surface area (Å²) in [6.45, 7) is 2.65. The summed E-state index contributed by atoms with van der Waals surface area (Å²) in [4.78, 5) is 40.5. The number of ether oxygens (including phenoxy) is 1. The van der Waals surface area contributed by atoms with E-state index >= 15 is 0 Å². The van der Waals surface area contributed by atoms with Gasteiger partial charge in [-0.05, 0) is 54.6 Å². The van der Waals surface area contributed by atoms with Crippen LogP contribution in [0.2, 0.25) is 0 Å². The highest BCUT2D eigenvalue weighted by Gasteiger charge is 2.20. The summed E-state index contributed by atoms with van der Waals surface area (Å²) in [6, 6.07) is 15.2. The second kappa shape index (κ2) is 11.0. The van der Waals surface area contributed by atoms with Gasteiger partial charge >= 0.3 is 6.03 Å². The van der Waals surface area contributed by atoms with Gasteiger partial charge < -0.3 is 26.0 Å². The minimum Gasteiger partial charge on any atom is -0.378 e. The summed E-state index contributed by atoms with van der Waals surface area (Å²) < 4.78 is 7.30. The van der Waals surface area contributed by atoms with Crippen LogP contribution in [0.1, 0.15) is 10.4 Å². The standard InChI is InChI=1S/C29H27N9O3/c1-37-17-21(16-32-37)20-14-24-25(31-15-20)28(38-10-12-41-13-11-38)36-27(35-24)19-4-8-23(9-5-19)34-29(40)33-22-6-2-18(3-7-22)26(30)39/h2-9,14-17H,10-13H2,1H3,(H2,30,39)(H2,33,34,40). The van der Waals surface area contributed by atoms with Gasteiger partial charge in [-0.15, -0.1) is 0 Å². The number of aryl methyl sites for hydroxylation is 1. The van der Waals surface area contributed by atoms with Crippen LogP contribution in [0, 0.1) is 0 Å². The number of aromatic nitrogens is 5. The van der Waals surface area contributed by atoms with Crippen molar-refractivity contribution < 1.29 is 14.3 Å². The van der Waals surface area contributed by atoms with E-state index in [9.17, 15) is 9.59 Å². The predicted molar refractivity (Wildman–Crippen MR) is 156 cm³/mol. The minimum absolute atomic E-state index is 0.364. The van der Waals surface area contributed by atoms with E-state index in [0.717, 1.165) is 33.5 Å². The molecular formula is C29H27N9O3. The van der Waals surface area contributed by atoms with Crippen molar-refractivity contribution in [3.63, 3.8) is 0 Å². The molecule has 0 bridgehead atoms. The second-order valence-electron chi connectivity index (χ2n) is 9.56. The molecule has 1 aliphatic heterocycles. The number of primary amides is 1. The Morgan fingerprint density at radius 1 is 0.878 bits per heavy atom. The molecule has 1 aliphatic rings. The zero-order valence-electron chi connectivity index (χ0n) is 22.2. The molecule has 12 nitrogen and oxygen atoms in total. The Bertz CT molecular complexity index is 1730. The van der Waals surface area contributed by atoms with E-state index in [4.69, 9.17) is 25.4 Å². The summed E-state index contributed by atoms with van der Waals surface area (Å²) in [6.07, 6.45) is 5.56. The van der Waals surface area contributed by atoms with Crippen LogP contribution in [-0.4, -0.2) is 63.0 Å². The summed E-state index contributed by atoms with van der Waals surface area (Å²) in [5.41, 5.74) is 10.9. The SMILES string of the molecule is Cn1cc(-c2cnc3c(N4CCOCC4)nc(-c4ccc(NC(=O)Nc5ccc(C(N)=O)cc5)cc4)nc3c2)cn1. The van der Waals surface area contributed by atoms with Crippen LogP contribution < -0.4 is 21.3 Å². The Hall–Kier alpha value is -5.36. The van der Waals surface area contributed by atoms with Crippen LogP contribution in [0.4, 0.5) is 22.0 Å². The first-order valence-electron chi connectivity index (χ1n) is 13.0. The molecule has 0 unspecified atom stereocenters. The van der Waals surface area contributed by atoms with Crippen molar-refractivity contribution in [3.05, 3.63) is 78.8 Å². The molecule has 0 radical (unpaired) electrons. The lowest BCUT2D eigenvalue weighted by Gasteiger charge is -2.28. The summed E-state index contributed by atoms with van der Waals surface area (Å²) in [5.74, 6) is 0.781. The van der Waals surface area contributed by atoms with Crippen molar-refractivity contribution in [1.82, 2.24) is 24.7 Å². The molecule has 6 rings (SSSR count). The van der Waals surface area contributed by atoms with Gasteiger partial charge in [0.05, 0.1) is 24.9 Å².